The second-order valence-electron chi connectivity index (χ2n) is 10.5. The molecule has 1 saturated carbocycles. The number of halogens is 1. The van der Waals surface area contributed by atoms with E-state index in [2.05, 4.69) is 15.6 Å². The molecule has 192 valence electrons. The van der Waals surface area contributed by atoms with Crippen molar-refractivity contribution in [2.24, 2.45) is 11.7 Å². The summed E-state index contributed by atoms with van der Waals surface area (Å²) >= 11 is 0. The molecule has 0 saturated heterocycles. The van der Waals surface area contributed by atoms with E-state index in [9.17, 15) is 19.1 Å². The Morgan fingerprint density at radius 1 is 1.22 bits per heavy atom. The van der Waals surface area contributed by atoms with Crippen LogP contribution >= 0.6 is 0 Å². The molecule has 2 atom stereocenters. The number of carbonyl (C=O) groups is 2. The van der Waals surface area contributed by atoms with Crippen LogP contribution in [0.1, 0.15) is 84.2 Å². The van der Waals surface area contributed by atoms with E-state index in [-0.39, 0.29) is 24.4 Å². The lowest BCUT2D eigenvalue weighted by Crippen LogP contribution is -2.39. The van der Waals surface area contributed by atoms with Crippen molar-refractivity contribution in [2.45, 2.75) is 76.9 Å². The zero-order valence-corrected chi connectivity index (χ0v) is 20.8. The second kappa shape index (κ2) is 10.2. The number of allylic oxidation sites excluding steroid dienone is 1. The number of fused-ring (bicyclic) bond motifs is 2. The van der Waals surface area contributed by atoms with Crippen LogP contribution < -0.4 is 16.4 Å². The molecule has 8 heteroatoms. The first-order chi connectivity index (χ1) is 17.3. The number of aryl methyl sites for hydroxylation is 1. The Morgan fingerprint density at radius 2 is 2.00 bits per heavy atom. The Labute approximate surface area is 210 Å². The van der Waals surface area contributed by atoms with Crippen molar-refractivity contribution < 1.29 is 19.1 Å². The molecule has 0 radical (unpaired) electrons. The van der Waals surface area contributed by atoms with E-state index < -0.39 is 11.9 Å². The van der Waals surface area contributed by atoms with Crippen LogP contribution in [0.25, 0.3) is 11.1 Å². The van der Waals surface area contributed by atoms with Crippen molar-refractivity contribution >= 4 is 28.6 Å². The van der Waals surface area contributed by atoms with E-state index >= 15 is 0 Å². The topological polar surface area (TPSA) is 120 Å². The zero-order valence-electron chi connectivity index (χ0n) is 20.8. The molecule has 1 aromatic heterocycles. The molecule has 2 amide bonds. The number of aromatic nitrogens is 1. The highest BCUT2D eigenvalue weighted by molar-refractivity contribution is 6.36. The summed E-state index contributed by atoms with van der Waals surface area (Å²) in [4.78, 5) is 29.4. The Bertz CT molecular complexity index is 1210. The molecule has 1 aromatic carbocycles. The van der Waals surface area contributed by atoms with Gasteiger partial charge < -0.3 is 26.5 Å². The number of benzene rings is 1. The molecule has 2 aromatic rings. The summed E-state index contributed by atoms with van der Waals surface area (Å²) in [5.74, 6) is -0.456. The normalized spacial score (nSPS) is 21.5. The van der Waals surface area contributed by atoms with Crippen molar-refractivity contribution in [3.8, 4) is 0 Å². The lowest BCUT2D eigenvalue weighted by Gasteiger charge is -2.29. The molecule has 5 rings (SSSR count). The van der Waals surface area contributed by atoms with Gasteiger partial charge in [-0.05, 0) is 80.7 Å². The van der Waals surface area contributed by atoms with Gasteiger partial charge >= 0.3 is 0 Å². The van der Waals surface area contributed by atoms with Crippen LogP contribution in [0.4, 0.5) is 10.1 Å². The van der Waals surface area contributed by atoms with Crippen molar-refractivity contribution in [2.75, 3.05) is 11.9 Å². The number of hydrogen-bond donors (Lipinski definition) is 5. The number of amides is 2. The summed E-state index contributed by atoms with van der Waals surface area (Å²) < 4.78 is 14.0. The minimum Gasteiger partial charge on any atom is -0.391 e. The van der Waals surface area contributed by atoms with Gasteiger partial charge in [-0.1, -0.05) is 19.3 Å². The molecule has 3 aliphatic rings. The third-order valence-corrected chi connectivity index (χ3v) is 8.00. The van der Waals surface area contributed by atoms with Crippen molar-refractivity contribution in [1.29, 1.82) is 0 Å². The number of anilines is 1. The summed E-state index contributed by atoms with van der Waals surface area (Å²) in [6.45, 7) is 1.98. The van der Waals surface area contributed by atoms with Crippen LogP contribution in [0, 0.1) is 18.7 Å². The lowest BCUT2D eigenvalue weighted by molar-refractivity contribution is -0.110. The van der Waals surface area contributed by atoms with E-state index in [1.165, 1.54) is 31.4 Å². The maximum Gasteiger partial charge on any atom is 0.256 e. The molecule has 2 aliphatic carbocycles. The largest absolute Gasteiger partial charge is 0.391 e. The SMILES string of the molecule is Cc1[nH]c2c(c1C(=O)NCC(O)CC(N)C1CCCCC1)CCC/C2=C1/C(=O)Nc2ccc(F)cc21. The molecule has 0 spiro atoms. The minimum atomic E-state index is -0.702. The molecule has 36 heavy (non-hydrogen) atoms. The van der Waals surface area contributed by atoms with Gasteiger partial charge in [-0.15, -0.1) is 0 Å². The van der Waals surface area contributed by atoms with Gasteiger partial charge in [-0.25, -0.2) is 4.39 Å². The number of carbonyl (C=O) groups excluding carboxylic acids is 2. The summed E-state index contributed by atoms with van der Waals surface area (Å²) in [5, 5.41) is 16.3. The van der Waals surface area contributed by atoms with Crippen LogP contribution in [-0.2, 0) is 11.2 Å². The van der Waals surface area contributed by atoms with Crippen molar-refractivity contribution in [1.82, 2.24) is 10.3 Å². The van der Waals surface area contributed by atoms with Gasteiger partial charge in [0.05, 0.1) is 17.2 Å². The van der Waals surface area contributed by atoms with E-state index in [0.717, 1.165) is 36.1 Å². The van der Waals surface area contributed by atoms with Gasteiger partial charge in [0.1, 0.15) is 5.82 Å². The van der Waals surface area contributed by atoms with E-state index in [1.54, 1.807) is 6.07 Å². The summed E-state index contributed by atoms with van der Waals surface area (Å²) in [6.07, 6.45) is 7.78. The Kier molecular flexibility index (Phi) is 6.99. The summed E-state index contributed by atoms with van der Waals surface area (Å²) in [7, 11) is 0. The number of H-pyrrole nitrogens is 1. The highest BCUT2D eigenvalue weighted by Crippen LogP contribution is 2.43. The monoisotopic (exact) mass is 494 g/mol. The lowest BCUT2D eigenvalue weighted by atomic mass is 9.82. The highest BCUT2D eigenvalue weighted by atomic mass is 19.1. The number of nitrogens with two attached hydrogens (primary N) is 1. The number of hydrogen-bond acceptors (Lipinski definition) is 4. The molecular weight excluding hydrogens is 459 g/mol. The average molecular weight is 495 g/mol. The first-order valence-electron chi connectivity index (χ1n) is 13.1. The van der Waals surface area contributed by atoms with Crippen LogP contribution in [0.15, 0.2) is 18.2 Å². The Balaban J connectivity index is 1.34. The zero-order chi connectivity index (χ0) is 25.4. The minimum absolute atomic E-state index is 0.0570. The fourth-order valence-corrected chi connectivity index (χ4v) is 6.20. The first kappa shape index (κ1) is 24.7. The molecule has 6 N–H and O–H groups in total. The molecule has 2 unspecified atom stereocenters. The van der Waals surface area contributed by atoms with Crippen LogP contribution in [0.2, 0.25) is 0 Å². The third-order valence-electron chi connectivity index (χ3n) is 8.00. The molecular formula is C28H35FN4O3. The number of nitrogens with one attached hydrogen (secondary N) is 3. The maximum atomic E-state index is 14.0. The van der Waals surface area contributed by atoms with Gasteiger partial charge in [0, 0.05) is 35.2 Å². The van der Waals surface area contributed by atoms with Gasteiger partial charge in [0.25, 0.3) is 11.8 Å². The van der Waals surface area contributed by atoms with E-state index in [0.29, 0.717) is 53.3 Å². The van der Waals surface area contributed by atoms with E-state index in [4.69, 9.17) is 5.73 Å². The van der Waals surface area contributed by atoms with Gasteiger partial charge in [0.2, 0.25) is 0 Å². The molecule has 1 aliphatic heterocycles. The number of aliphatic hydroxyl groups is 1. The quantitative estimate of drug-likeness (QED) is 0.389. The van der Waals surface area contributed by atoms with Crippen LogP contribution in [0.3, 0.4) is 0 Å². The second-order valence-corrected chi connectivity index (χ2v) is 10.5. The fraction of sp³-hybridized carbons (Fsp3) is 0.500. The highest BCUT2D eigenvalue weighted by Gasteiger charge is 2.33. The van der Waals surface area contributed by atoms with Gasteiger partial charge in [-0.2, -0.15) is 0 Å². The Morgan fingerprint density at radius 3 is 2.78 bits per heavy atom. The fourth-order valence-electron chi connectivity index (χ4n) is 6.20. The number of aliphatic hydroxyl groups excluding tert-OH is 1. The molecule has 1 fully saturated rings. The standard InChI is InChI=1S/C28H35FN4O3/c1-15-24(27(35)31-14-18(34)13-22(30)16-6-3-2-4-7-16)19-8-5-9-20(26(19)32-15)25-21-12-17(29)10-11-23(21)33-28(25)36/h10-12,16,18,22,32,34H,2-9,13-14,30H2,1H3,(H,31,35)(H,33,36)/b25-20-. The van der Waals surface area contributed by atoms with E-state index in [1.807, 2.05) is 6.92 Å². The molecule has 2 heterocycles. The predicted octanol–water partition coefficient (Wildman–Crippen LogP) is 4.05. The maximum absolute atomic E-state index is 14.0. The number of aromatic amines is 1. The summed E-state index contributed by atoms with van der Waals surface area (Å²) in [5.41, 5.74) is 11.7. The summed E-state index contributed by atoms with van der Waals surface area (Å²) in [6, 6.07) is 4.23. The Hall–Kier alpha value is -2.97. The third kappa shape index (κ3) is 4.72. The van der Waals surface area contributed by atoms with Crippen molar-refractivity contribution in [3.63, 3.8) is 0 Å². The van der Waals surface area contributed by atoms with Gasteiger partial charge in [-0.3, -0.25) is 9.59 Å². The van der Waals surface area contributed by atoms with Crippen LogP contribution in [-0.4, -0.2) is 40.6 Å². The molecule has 0 bridgehead atoms. The molecule has 7 nitrogen and oxygen atoms in total. The van der Waals surface area contributed by atoms with Crippen LogP contribution in [0.5, 0.6) is 0 Å². The van der Waals surface area contributed by atoms with Gasteiger partial charge in [0.15, 0.2) is 0 Å². The van der Waals surface area contributed by atoms with Crippen molar-refractivity contribution in [3.05, 3.63) is 52.1 Å². The first-order valence-corrected chi connectivity index (χ1v) is 13.1. The average Bonchev–Trinajstić information content (AvgIpc) is 3.37. The smallest absolute Gasteiger partial charge is 0.256 e. The predicted molar refractivity (Wildman–Crippen MR) is 138 cm³/mol. The number of rotatable bonds is 6.